The predicted octanol–water partition coefficient (Wildman–Crippen LogP) is 3.89. The maximum absolute atomic E-state index is 14.0. The number of likely N-dealkylation sites (tertiary alicyclic amines) is 1. The number of hydrogen-bond donors (Lipinski definition) is 0. The summed E-state index contributed by atoms with van der Waals surface area (Å²) in [4.78, 5) is 69.9. The Hall–Kier alpha value is -3.70. The normalized spacial score (nSPS) is 21.9. The number of hydrogen-bond acceptors (Lipinski definition) is 8. The highest BCUT2D eigenvalue weighted by Crippen LogP contribution is 2.53. The second kappa shape index (κ2) is 11.3. The van der Waals surface area contributed by atoms with Crippen LogP contribution in [0.3, 0.4) is 0 Å². The lowest BCUT2D eigenvalue weighted by Gasteiger charge is -2.31. The minimum atomic E-state index is -0.768. The Labute approximate surface area is 245 Å². The lowest BCUT2D eigenvalue weighted by molar-refractivity contribution is -0.133. The van der Waals surface area contributed by atoms with E-state index in [4.69, 9.17) is 4.74 Å². The molecule has 212 valence electrons. The molecule has 0 aliphatic carbocycles. The van der Waals surface area contributed by atoms with E-state index in [1.54, 1.807) is 36.1 Å². The first-order valence-electron chi connectivity index (χ1n) is 13.8. The fourth-order valence-corrected chi connectivity index (χ4v) is 8.64. The van der Waals surface area contributed by atoms with Gasteiger partial charge in [0.15, 0.2) is 0 Å². The van der Waals surface area contributed by atoms with Crippen molar-refractivity contribution in [2.24, 2.45) is 5.92 Å². The van der Waals surface area contributed by atoms with Crippen LogP contribution in [0.1, 0.15) is 52.9 Å². The number of amides is 3. The zero-order valence-electron chi connectivity index (χ0n) is 22.5. The van der Waals surface area contributed by atoms with Crippen molar-refractivity contribution in [3.05, 3.63) is 80.3 Å². The van der Waals surface area contributed by atoms with Crippen molar-refractivity contribution >= 4 is 52.5 Å². The van der Waals surface area contributed by atoms with Gasteiger partial charge in [-0.1, -0.05) is 53.4 Å². The zero-order valence-corrected chi connectivity index (χ0v) is 24.1. The quantitative estimate of drug-likeness (QED) is 0.316. The van der Waals surface area contributed by atoms with Gasteiger partial charge in [0.05, 0.1) is 28.8 Å². The largest absolute Gasteiger partial charge is 0.462 e. The molecule has 9 nitrogen and oxygen atoms in total. The molecule has 0 N–H and O–H groups in total. The number of rotatable bonds is 6. The molecule has 1 aromatic heterocycles. The minimum absolute atomic E-state index is 0.0856. The average Bonchev–Trinajstić information content (AvgIpc) is 3.44. The third-order valence-electron chi connectivity index (χ3n) is 7.85. The molecule has 3 aliphatic rings. The summed E-state index contributed by atoms with van der Waals surface area (Å²) < 4.78 is 6.53. The number of carbonyl (C=O) groups is 4. The second-order valence-electron chi connectivity index (χ2n) is 10.3. The van der Waals surface area contributed by atoms with E-state index < -0.39 is 23.1 Å². The van der Waals surface area contributed by atoms with E-state index in [-0.39, 0.29) is 35.7 Å². The molecule has 11 heteroatoms. The summed E-state index contributed by atoms with van der Waals surface area (Å²) in [5.41, 5.74) is 1.53. The van der Waals surface area contributed by atoms with Crippen molar-refractivity contribution in [1.29, 1.82) is 0 Å². The molecule has 0 radical (unpaired) electrons. The number of aromatic nitrogens is 1. The van der Waals surface area contributed by atoms with Crippen LogP contribution in [0.5, 0.6) is 0 Å². The molecule has 3 amide bonds. The van der Waals surface area contributed by atoms with Gasteiger partial charge in [0.1, 0.15) is 11.8 Å². The smallest absolute Gasteiger partial charge is 0.338 e. The topological polar surface area (TPSA) is 106 Å². The van der Waals surface area contributed by atoms with Crippen LogP contribution < -0.4 is 9.77 Å². The number of thioether (sulfide) groups is 1. The van der Waals surface area contributed by atoms with Gasteiger partial charge in [-0.15, -0.1) is 0 Å². The average molecular weight is 592 g/mol. The second-order valence-corrected chi connectivity index (χ2v) is 12.4. The monoisotopic (exact) mass is 591 g/mol. The third kappa shape index (κ3) is 4.91. The summed E-state index contributed by atoms with van der Waals surface area (Å²) in [6.45, 7) is 3.24. The van der Waals surface area contributed by atoms with Crippen LogP contribution in [0.25, 0.3) is 0 Å². The first kappa shape index (κ1) is 27.5. The van der Waals surface area contributed by atoms with Gasteiger partial charge >= 0.3 is 10.8 Å². The number of anilines is 1. The van der Waals surface area contributed by atoms with Gasteiger partial charge in [-0.3, -0.25) is 23.7 Å². The third-order valence-corrected chi connectivity index (χ3v) is 10.5. The number of carbonyl (C=O) groups excluding carboxylic acids is 4. The van der Waals surface area contributed by atoms with Crippen LogP contribution in [0, 0.1) is 5.92 Å². The molecule has 2 unspecified atom stereocenters. The van der Waals surface area contributed by atoms with E-state index >= 15 is 0 Å². The molecule has 2 fully saturated rings. The summed E-state index contributed by atoms with van der Waals surface area (Å²) in [6.07, 6.45) is 2.99. The summed E-state index contributed by atoms with van der Waals surface area (Å²) in [5, 5.41) is -0.184. The van der Waals surface area contributed by atoms with Crippen LogP contribution in [-0.2, 0) is 25.7 Å². The Kier molecular flexibility index (Phi) is 7.56. The predicted molar refractivity (Wildman–Crippen MR) is 155 cm³/mol. The minimum Gasteiger partial charge on any atom is -0.462 e. The van der Waals surface area contributed by atoms with Gasteiger partial charge in [0.2, 0.25) is 17.7 Å². The highest BCUT2D eigenvalue weighted by atomic mass is 32.2. The Morgan fingerprint density at radius 1 is 0.927 bits per heavy atom. The summed E-state index contributed by atoms with van der Waals surface area (Å²) in [6, 6.07) is 15.7. The molecule has 3 atom stereocenters. The highest BCUT2D eigenvalue weighted by molar-refractivity contribution is 8.00. The van der Waals surface area contributed by atoms with E-state index in [1.807, 2.05) is 30.3 Å². The van der Waals surface area contributed by atoms with E-state index in [0.717, 1.165) is 36.2 Å². The number of esters is 1. The van der Waals surface area contributed by atoms with Crippen molar-refractivity contribution < 1.29 is 23.9 Å². The number of imide groups is 1. The first-order valence-corrected chi connectivity index (χ1v) is 15.5. The number of nitrogens with zero attached hydrogens (tertiary/aromatic N) is 3. The van der Waals surface area contributed by atoms with Gasteiger partial charge in [-0.05, 0) is 56.0 Å². The number of ether oxygens (including phenoxy) is 1. The van der Waals surface area contributed by atoms with E-state index in [2.05, 4.69) is 0 Å². The summed E-state index contributed by atoms with van der Waals surface area (Å²) >= 11 is 2.25. The van der Waals surface area contributed by atoms with Crippen LogP contribution >= 0.6 is 23.1 Å². The highest BCUT2D eigenvalue weighted by Gasteiger charge is 2.56. The maximum atomic E-state index is 14.0. The summed E-state index contributed by atoms with van der Waals surface area (Å²) in [5.74, 6) is -2.56. The Bertz CT molecular complexity index is 1560. The van der Waals surface area contributed by atoms with Crippen molar-refractivity contribution in [3.63, 3.8) is 0 Å². The van der Waals surface area contributed by atoms with Gasteiger partial charge < -0.3 is 9.64 Å². The lowest BCUT2D eigenvalue weighted by Crippen LogP contribution is -2.39. The van der Waals surface area contributed by atoms with Crippen LogP contribution in [0.2, 0.25) is 0 Å². The van der Waals surface area contributed by atoms with Crippen molar-refractivity contribution in [3.8, 4) is 0 Å². The van der Waals surface area contributed by atoms with Gasteiger partial charge in [0, 0.05) is 23.9 Å². The number of piperidine rings is 1. The van der Waals surface area contributed by atoms with Crippen molar-refractivity contribution in [1.82, 2.24) is 9.47 Å². The molecule has 3 aromatic rings. The van der Waals surface area contributed by atoms with Crippen molar-refractivity contribution in [2.45, 2.75) is 48.9 Å². The summed E-state index contributed by atoms with van der Waals surface area (Å²) in [7, 11) is 0. The number of fused-ring (bicyclic) bond motifs is 2. The van der Waals surface area contributed by atoms with Gasteiger partial charge in [-0.25, -0.2) is 9.69 Å². The molecular formula is C30H29N3O6S2. The molecule has 0 saturated carbocycles. The van der Waals surface area contributed by atoms with E-state index in [0.29, 0.717) is 34.2 Å². The van der Waals surface area contributed by atoms with Gasteiger partial charge in [-0.2, -0.15) is 0 Å². The molecule has 4 heterocycles. The zero-order chi connectivity index (χ0) is 28.7. The molecule has 41 heavy (non-hydrogen) atoms. The molecule has 3 aliphatic heterocycles. The van der Waals surface area contributed by atoms with Crippen molar-refractivity contribution in [2.75, 3.05) is 24.6 Å². The number of benzene rings is 2. The Balaban J connectivity index is 1.37. The fraction of sp³-hybridized carbons (Fsp3) is 0.367. The first-order chi connectivity index (χ1) is 19.9. The molecular weight excluding hydrogens is 562 g/mol. The Morgan fingerprint density at radius 2 is 1.63 bits per heavy atom. The van der Waals surface area contributed by atoms with E-state index in [9.17, 15) is 24.0 Å². The molecule has 2 saturated heterocycles. The van der Waals surface area contributed by atoms with Gasteiger partial charge in [0.25, 0.3) is 0 Å². The molecule has 6 rings (SSSR count). The number of thiazole rings is 1. The maximum Gasteiger partial charge on any atom is 0.338 e. The van der Waals surface area contributed by atoms with Crippen LogP contribution in [0.4, 0.5) is 5.69 Å². The SMILES string of the molecule is CCOC(=O)c1ccc(N2C(=O)C3Sc4c(sc(=O)n4CC(=O)N4CCCCC4)[C@H](c4ccccc4)C3C2=O)cc1. The van der Waals surface area contributed by atoms with Crippen LogP contribution in [0.15, 0.2) is 64.4 Å². The molecule has 2 aromatic carbocycles. The molecule has 0 bridgehead atoms. The molecule has 0 spiro atoms. The van der Waals surface area contributed by atoms with E-state index in [1.165, 1.54) is 21.2 Å². The Morgan fingerprint density at radius 3 is 2.32 bits per heavy atom. The lowest BCUT2D eigenvalue weighted by atomic mass is 9.83. The fourth-order valence-electron chi connectivity index (χ4n) is 5.87. The standard InChI is InChI=1S/C30H29N3O6S2/c1-2-39-29(37)19-11-13-20(14-12-19)33-26(35)23-22(18-9-5-3-6-10-18)25-28(40-24(23)27(33)36)32(30(38)41-25)17-21(34)31-15-7-4-8-16-31/h3,5-6,9-14,22-24H,2,4,7-8,15-17H2,1H3/t22-,23?,24?/m1/s1. The van der Waals surface area contributed by atoms with Crippen LogP contribution in [-0.4, -0.2) is 58.1 Å².